The van der Waals surface area contributed by atoms with Gasteiger partial charge in [0.15, 0.2) is 5.82 Å². The Hall–Kier alpha value is -1.62. The highest BCUT2D eigenvalue weighted by Crippen LogP contribution is 2.33. The first-order valence-corrected chi connectivity index (χ1v) is 5.98. The van der Waals surface area contributed by atoms with Crippen LogP contribution in [0, 0.1) is 0 Å². The van der Waals surface area contributed by atoms with E-state index in [1.807, 2.05) is 6.07 Å². The predicted molar refractivity (Wildman–Crippen MR) is 61.1 cm³/mol. The summed E-state index contributed by atoms with van der Waals surface area (Å²) in [6.45, 7) is 0.379. The molecule has 1 aliphatic rings. The predicted octanol–water partition coefficient (Wildman–Crippen LogP) is 2.45. The van der Waals surface area contributed by atoms with E-state index in [1.165, 1.54) is 25.7 Å². The average Bonchev–Trinajstić information content (AvgIpc) is 3.09. The summed E-state index contributed by atoms with van der Waals surface area (Å²) in [5, 5.41) is 4.05. The van der Waals surface area contributed by atoms with Crippen molar-refractivity contribution < 1.29 is 8.94 Å². The summed E-state index contributed by atoms with van der Waals surface area (Å²) in [5.41, 5.74) is 6.29. The molecule has 0 unspecified atom stereocenters. The van der Waals surface area contributed by atoms with E-state index in [4.69, 9.17) is 14.7 Å². The van der Waals surface area contributed by atoms with Crippen molar-refractivity contribution in [2.45, 2.75) is 38.1 Å². The van der Waals surface area contributed by atoms with Gasteiger partial charge in [0.2, 0.25) is 0 Å². The summed E-state index contributed by atoms with van der Waals surface area (Å²) >= 11 is 0. The molecule has 0 radical (unpaired) electrons. The number of nitrogens with zero attached hydrogens (tertiary/aromatic N) is 2. The minimum absolute atomic E-state index is 0.379. The van der Waals surface area contributed by atoms with E-state index in [-0.39, 0.29) is 0 Å². The molecule has 0 bridgehead atoms. The van der Waals surface area contributed by atoms with Crippen LogP contribution in [-0.2, 0) is 6.54 Å². The molecule has 5 nitrogen and oxygen atoms in total. The minimum atomic E-state index is 0.379. The highest BCUT2D eigenvalue weighted by molar-refractivity contribution is 5.51. The third-order valence-corrected chi connectivity index (χ3v) is 3.26. The molecule has 3 rings (SSSR count). The zero-order valence-electron chi connectivity index (χ0n) is 9.56. The summed E-state index contributed by atoms with van der Waals surface area (Å²) < 4.78 is 10.5. The van der Waals surface area contributed by atoms with E-state index < -0.39 is 0 Å². The van der Waals surface area contributed by atoms with Gasteiger partial charge >= 0.3 is 0 Å². The van der Waals surface area contributed by atoms with Gasteiger partial charge in [-0.1, -0.05) is 18.0 Å². The average molecular weight is 233 g/mol. The Kier molecular flexibility index (Phi) is 2.68. The molecule has 2 aromatic rings. The van der Waals surface area contributed by atoms with Crippen LogP contribution in [0.4, 0.5) is 0 Å². The number of aromatic nitrogens is 2. The van der Waals surface area contributed by atoms with Crippen LogP contribution in [0.5, 0.6) is 0 Å². The van der Waals surface area contributed by atoms with Gasteiger partial charge in [-0.05, 0) is 18.9 Å². The second-order valence-corrected chi connectivity index (χ2v) is 4.44. The van der Waals surface area contributed by atoms with Crippen LogP contribution in [0.3, 0.4) is 0 Å². The van der Waals surface area contributed by atoms with E-state index in [9.17, 15) is 0 Å². The molecule has 0 atom stereocenters. The maximum atomic E-state index is 5.49. The standard InChI is InChI=1S/C12H15N3O2/c13-6-10-5-9(7-16-10)12-14-11(15-17-12)8-3-1-2-4-8/h5,7-8H,1-4,6,13H2. The van der Waals surface area contributed by atoms with Gasteiger partial charge in [0.25, 0.3) is 5.89 Å². The van der Waals surface area contributed by atoms with Crippen molar-refractivity contribution >= 4 is 0 Å². The molecule has 0 amide bonds. The highest BCUT2D eigenvalue weighted by Gasteiger charge is 2.23. The normalized spacial score (nSPS) is 16.8. The molecule has 1 aliphatic carbocycles. The van der Waals surface area contributed by atoms with Gasteiger partial charge in [-0.25, -0.2) is 0 Å². The first-order valence-electron chi connectivity index (χ1n) is 5.98. The zero-order valence-corrected chi connectivity index (χ0v) is 9.56. The Morgan fingerprint density at radius 1 is 1.35 bits per heavy atom. The van der Waals surface area contributed by atoms with Gasteiger partial charge in [0, 0.05) is 5.92 Å². The molecule has 2 aromatic heterocycles. The molecule has 2 heterocycles. The third-order valence-electron chi connectivity index (χ3n) is 3.26. The molecular formula is C12H15N3O2. The monoisotopic (exact) mass is 233 g/mol. The van der Waals surface area contributed by atoms with Gasteiger partial charge in [0.05, 0.1) is 12.1 Å². The zero-order chi connectivity index (χ0) is 11.7. The lowest BCUT2D eigenvalue weighted by Crippen LogP contribution is -1.94. The molecule has 0 saturated heterocycles. The quantitative estimate of drug-likeness (QED) is 0.880. The first-order chi connectivity index (χ1) is 8.36. The van der Waals surface area contributed by atoms with Crippen LogP contribution in [0.15, 0.2) is 21.3 Å². The highest BCUT2D eigenvalue weighted by atomic mass is 16.5. The molecule has 0 aromatic carbocycles. The van der Waals surface area contributed by atoms with Crippen LogP contribution in [0.1, 0.15) is 43.2 Å². The smallest absolute Gasteiger partial charge is 0.261 e. The summed E-state index contributed by atoms with van der Waals surface area (Å²) in [7, 11) is 0. The van der Waals surface area contributed by atoms with Crippen LogP contribution < -0.4 is 5.73 Å². The molecule has 90 valence electrons. The maximum Gasteiger partial charge on any atom is 0.261 e. The Morgan fingerprint density at radius 2 is 2.18 bits per heavy atom. The molecule has 5 heteroatoms. The van der Waals surface area contributed by atoms with Crippen LogP contribution in [-0.4, -0.2) is 10.1 Å². The number of furan rings is 1. The summed E-state index contributed by atoms with van der Waals surface area (Å²) in [6.07, 6.45) is 6.46. The van der Waals surface area contributed by atoms with Gasteiger partial charge in [0.1, 0.15) is 12.0 Å². The Balaban J connectivity index is 1.83. The molecule has 1 fully saturated rings. The second kappa shape index (κ2) is 4.33. The Bertz CT molecular complexity index is 497. The SMILES string of the molecule is NCc1cc(-c2nc(C3CCCC3)no2)co1. The van der Waals surface area contributed by atoms with Crippen LogP contribution >= 0.6 is 0 Å². The molecule has 0 aliphatic heterocycles. The Labute approximate surface area is 99.0 Å². The van der Waals surface area contributed by atoms with E-state index in [0.29, 0.717) is 18.4 Å². The lowest BCUT2D eigenvalue weighted by atomic mass is 10.1. The number of hydrogen-bond donors (Lipinski definition) is 1. The maximum absolute atomic E-state index is 5.49. The van der Waals surface area contributed by atoms with Gasteiger partial charge in [-0.2, -0.15) is 4.98 Å². The lowest BCUT2D eigenvalue weighted by molar-refractivity contribution is 0.415. The number of hydrogen-bond acceptors (Lipinski definition) is 5. The van der Waals surface area contributed by atoms with Crippen molar-refractivity contribution in [3.8, 4) is 11.5 Å². The minimum Gasteiger partial charge on any atom is -0.467 e. The van der Waals surface area contributed by atoms with Gasteiger partial charge < -0.3 is 14.7 Å². The molecule has 1 saturated carbocycles. The van der Waals surface area contributed by atoms with Crippen molar-refractivity contribution in [3.63, 3.8) is 0 Å². The molecule has 0 spiro atoms. The number of rotatable bonds is 3. The molecule has 17 heavy (non-hydrogen) atoms. The van der Waals surface area contributed by atoms with Crippen LogP contribution in [0.2, 0.25) is 0 Å². The summed E-state index contributed by atoms with van der Waals surface area (Å²) in [6, 6.07) is 1.84. The first kappa shape index (κ1) is 10.5. The fourth-order valence-electron chi connectivity index (χ4n) is 2.30. The van der Waals surface area contributed by atoms with Crippen molar-refractivity contribution in [1.82, 2.24) is 10.1 Å². The lowest BCUT2D eigenvalue weighted by Gasteiger charge is -1.99. The van der Waals surface area contributed by atoms with Crippen molar-refractivity contribution in [3.05, 3.63) is 23.9 Å². The molecular weight excluding hydrogens is 218 g/mol. The largest absolute Gasteiger partial charge is 0.467 e. The van der Waals surface area contributed by atoms with Gasteiger partial charge in [-0.15, -0.1) is 0 Å². The van der Waals surface area contributed by atoms with Crippen molar-refractivity contribution in [2.75, 3.05) is 0 Å². The second-order valence-electron chi connectivity index (χ2n) is 4.44. The number of nitrogens with two attached hydrogens (primary N) is 1. The third kappa shape index (κ3) is 1.98. The van der Waals surface area contributed by atoms with Crippen molar-refractivity contribution in [2.24, 2.45) is 5.73 Å². The van der Waals surface area contributed by atoms with E-state index in [1.54, 1.807) is 6.26 Å². The summed E-state index contributed by atoms with van der Waals surface area (Å²) in [4.78, 5) is 4.43. The fourth-order valence-corrected chi connectivity index (χ4v) is 2.30. The van der Waals surface area contributed by atoms with E-state index in [0.717, 1.165) is 17.1 Å². The van der Waals surface area contributed by atoms with Crippen molar-refractivity contribution in [1.29, 1.82) is 0 Å². The van der Waals surface area contributed by atoms with Gasteiger partial charge in [-0.3, -0.25) is 0 Å². The van der Waals surface area contributed by atoms with E-state index in [2.05, 4.69) is 10.1 Å². The summed E-state index contributed by atoms with van der Waals surface area (Å²) in [5.74, 6) is 2.54. The topological polar surface area (TPSA) is 78.1 Å². The van der Waals surface area contributed by atoms with Crippen LogP contribution in [0.25, 0.3) is 11.5 Å². The Morgan fingerprint density at radius 3 is 2.88 bits per heavy atom. The fraction of sp³-hybridized carbons (Fsp3) is 0.500. The van der Waals surface area contributed by atoms with E-state index >= 15 is 0 Å². The molecule has 2 N–H and O–H groups in total.